The zero-order valence-electron chi connectivity index (χ0n) is 10.1. The molecule has 0 bridgehead atoms. The second kappa shape index (κ2) is 5.21. The molecule has 1 saturated heterocycles. The van der Waals surface area contributed by atoms with Gasteiger partial charge in [0.1, 0.15) is 10.8 Å². The maximum Gasteiger partial charge on any atom is 0.161 e. The van der Waals surface area contributed by atoms with Crippen LogP contribution in [0.25, 0.3) is 0 Å². The molecule has 2 rings (SSSR count). The van der Waals surface area contributed by atoms with Gasteiger partial charge in [0.25, 0.3) is 0 Å². The van der Waals surface area contributed by atoms with Crippen LogP contribution in [0.4, 0.5) is 0 Å². The molecule has 0 spiro atoms. The summed E-state index contributed by atoms with van der Waals surface area (Å²) in [6.45, 7) is 4.87. The molecule has 1 unspecified atom stereocenters. The molecule has 0 saturated carbocycles. The summed E-state index contributed by atoms with van der Waals surface area (Å²) in [4.78, 5) is 8.94. The van der Waals surface area contributed by atoms with E-state index in [2.05, 4.69) is 32.8 Å². The lowest BCUT2D eigenvalue weighted by Crippen LogP contribution is -2.32. The molecule has 0 amide bonds. The van der Waals surface area contributed by atoms with Crippen molar-refractivity contribution in [3.8, 4) is 0 Å². The topological polar surface area (TPSA) is 35.0 Å². The Balaban J connectivity index is 2.41. The number of ether oxygens (including phenoxy) is 1. The summed E-state index contributed by atoms with van der Waals surface area (Å²) in [5.41, 5.74) is 0.558. The normalized spacial score (nSPS) is 24.9. The van der Waals surface area contributed by atoms with Crippen molar-refractivity contribution >= 4 is 27.5 Å². The summed E-state index contributed by atoms with van der Waals surface area (Å²) < 4.78 is 6.64. The lowest BCUT2D eigenvalue weighted by Gasteiger charge is -2.32. The Morgan fingerprint density at radius 1 is 1.41 bits per heavy atom. The summed E-state index contributed by atoms with van der Waals surface area (Å²) in [6, 6.07) is 0. The van der Waals surface area contributed by atoms with Crippen molar-refractivity contribution in [1.82, 2.24) is 9.97 Å². The summed E-state index contributed by atoms with van der Waals surface area (Å²) in [7, 11) is 0. The zero-order valence-corrected chi connectivity index (χ0v) is 12.4. The first-order chi connectivity index (χ1) is 8.07. The molecule has 0 aromatic carbocycles. The Labute approximate surface area is 115 Å². The fraction of sp³-hybridized carbons (Fsp3) is 0.667. The van der Waals surface area contributed by atoms with Gasteiger partial charge in [0.05, 0.1) is 10.2 Å². The number of nitrogens with zero attached hydrogens (tertiary/aromatic N) is 2. The van der Waals surface area contributed by atoms with Gasteiger partial charge in [0.2, 0.25) is 0 Å². The van der Waals surface area contributed by atoms with Gasteiger partial charge < -0.3 is 4.74 Å². The van der Waals surface area contributed by atoms with E-state index in [-0.39, 0.29) is 5.60 Å². The predicted octanol–water partition coefficient (Wildman–Crippen LogP) is 3.87. The van der Waals surface area contributed by atoms with Gasteiger partial charge in [-0.3, -0.25) is 0 Å². The summed E-state index contributed by atoms with van der Waals surface area (Å²) >= 11 is 9.54. The second-order valence-electron chi connectivity index (χ2n) is 4.49. The van der Waals surface area contributed by atoms with Gasteiger partial charge in [-0.05, 0) is 48.5 Å². The first-order valence-electron chi connectivity index (χ1n) is 5.93. The number of halogens is 2. The molecule has 5 heteroatoms. The number of aryl methyl sites for hydroxylation is 1. The first kappa shape index (κ1) is 13.2. The third-order valence-corrected chi connectivity index (χ3v) is 4.49. The van der Waals surface area contributed by atoms with Gasteiger partial charge in [-0.25, -0.2) is 9.97 Å². The van der Waals surface area contributed by atoms with Gasteiger partial charge in [-0.1, -0.05) is 18.5 Å². The second-order valence-corrected chi connectivity index (χ2v) is 5.64. The van der Waals surface area contributed by atoms with Crippen molar-refractivity contribution in [3.05, 3.63) is 21.1 Å². The minimum atomic E-state index is -0.382. The molecule has 94 valence electrons. The van der Waals surface area contributed by atoms with E-state index >= 15 is 0 Å². The van der Waals surface area contributed by atoms with Crippen LogP contribution in [0.1, 0.15) is 44.6 Å². The SMILES string of the molecule is CCc1nc(C2(C)CCCCO2)nc(Cl)c1Br. The third kappa shape index (κ3) is 2.64. The highest BCUT2D eigenvalue weighted by molar-refractivity contribution is 9.10. The van der Waals surface area contributed by atoms with Crippen LogP contribution >= 0.6 is 27.5 Å². The molecular weight excluding hydrogens is 304 g/mol. The largest absolute Gasteiger partial charge is 0.367 e. The lowest BCUT2D eigenvalue weighted by atomic mass is 9.95. The highest BCUT2D eigenvalue weighted by Gasteiger charge is 2.33. The Morgan fingerprint density at radius 3 is 2.76 bits per heavy atom. The number of rotatable bonds is 2. The molecule has 0 aliphatic carbocycles. The van der Waals surface area contributed by atoms with Crippen molar-refractivity contribution in [3.63, 3.8) is 0 Å². The Kier molecular flexibility index (Phi) is 4.06. The molecular formula is C12H16BrClN2O. The van der Waals surface area contributed by atoms with Crippen molar-refractivity contribution in [2.75, 3.05) is 6.61 Å². The monoisotopic (exact) mass is 318 g/mol. The fourth-order valence-corrected chi connectivity index (χ4v) is 2.69. The van der Waals surface area contributed by atoms with E-state index < -0.39 is 0 Å². The van der Waals surface area contributed by atoms with Crippen LogP contribution < -0.4 is 0 Å². The molecule has 1 aliphatic heterocycles. The zero-order chi connectivity index (χ0) is 12.5. The smallest absolute Gasteiger partial charge is 0.161 e. The molecule has 0 N–H and O–H groups in total. The van der Waals surface area contributed by atoms with Crippen molar-refractivity contribution < 1.29 is 4.74 Å². The Morgan fingerprint density at radius 2 is 2.18 bits per heavy atom. The molecule has 1 aromatic heterocycles. The number of hydrogen-bond acceptors (Lipinski definition) is 3. The van der Waals surface area contributed by atoms with Crippen LogP contribution in [-0.4, -0.2) is 16.6 Å². The molecule has 1 atom stereocenters. The maximum atomic E-state index is 6.13. The summed E-state index contributed by atoms with van der Waals surface area (Å²) in [6.07, 6.45) is 4.04. The van der Waals surface area contributed by atoms with Crippen LogP contribution in [0.3, 0.4) is 0 Å². The van der Waals surface area contributed by atoms with Crippen molar-refractivity contribution in [2.24, 2.45) is 0 Å². The van der Waals surface area contributed by atoms with E-state index in [0.717, 1.165) is 42.5 Å². The van der Waals surface area contributed by atoms with Crippen LogP contribution in [0.15, 0.2) is 4.47 Å². The molecule has 2 heterocycles. The van der Waals surface area contributed by atoms with E-state index in [1.165, 1.54) is 0 Å². The fourth-order valence-electron chi connectivity index (χ4n) is 2.04. The lowest BCUT2D eigenvalue weighted by molar-refractivity contribution is -0.0761. The van der Waals surface area contributed by atoms with Crippen molar-refractivity contribution in [2.45, 2.75) is 45.1 Å². The quantitative estimate of drug-likeness (QED) is 0.776. The van der Waals surface area contributed by atoms with Gasteiger partial charge in [-0.2, -0.15) is 0 Å². The molecule has 0 radical (unpaired) electrons. The van der Waals surface area contributed by atoms with Gasteiger partial charge in [0.15, 0.2) is 5.82 Å². The highest BCUT2D eigenvalue weighted by atomic mass is 79.9. The highest BCUT2D eigenvalue weighted by Crippen LogP contribution is 2.35. The minimum absolute atomic E-state index is 0.382. The summed E-state index contributed by atoms with van der Waals surface area (Å²) in [5.74, 6) is 0.710. The van der Waals surface area contributed by atoms with E-state index in [1.807, 2.05) is 6.92 Å². The average molecular weight is 320 g/mol. The van der Waals surface area contributed by atoms with E-state index in [9.17, 15) is 0 Å². The van der Waals surface area contributed by atoms with E-state index in [1.54, 1.807) is 0 Å². The first-order valence-corrected chi connectivity index (χ1v) is 7.10. The Hall–Kier alpha value is -0.190. The van der Waals surface area contributed by atoms with Crippen molar-refractivity contribution in [1.29, 1.82) is 0 Å². The number of hydrogen-bond donors (Lipinski definition) is 0. The van der Waals surface area contributed by atoms with Gasteiger partial charge >= 0.3 is 0 Å². The number of aromatic nitrogens is 2. The van der Waals surface area contributed by atoms with Crippen LogP contribution in [0.2, 0.25) is 5.15 Å². The Bertz CT molecular complexity index is 419. The van der Waals surface area contributed by atoms with Crippen LogP contribution in [-0.2, 0) is 16.8 Å². The molecule has 1 fully saturated rings. The summed E-state index contributed by atoms with van der Waals surface area (Å²) in [5, 5.41) is 0.474. The maximum absolute atomic E-state index is 6.13. The molecule has 3 nitrogen and oxygen atoms in total. The molecule has 17 heavy (non-hydrogen) atoms. The van der Waals surface area contributed by atoms with Gasteiger partial charge in [-0.15, -0.1) is 0 Å². The predicted molar refractivity (Wildman–Crippen MR) is 71.3 cm³/mol. The van der Waals surface area contributed by atoms with E-state index in [4.69, 9.17) is 16.3 Å². The van der Waals surface area contributed by atoms with Crippen LogP contribution in [0.5, 0.6) is 0 Å². The average Bonchev–Trinajstić information content (AvgIpc) is 2.33. The van der Waals surface area contributed by atoms with E-state index in [0.29, 0.717) is 11.0 Å². The van der Waals surface area contributed by atoms with Crippen LogP contribution in [0, 0.1) is 0 Å². The minimum Gasteiger partial charge on any atom is -0.367 e. The van der Waals surface area contributed by atoms with Gasteiger partial charge in [0, 0.05) is 6.61 Å². The molecule has 1 aliphatic rings. The molecule has 1 aromatic rings. The third-order valence-electron chi connectivity index (χ3n) is 3.16. The standard InChI is InChI=1S/C12H16BrClN2O/c1-3-8-9(13)10(14)16-11(15-8)12(2)6-4-5-7-17-12/h3-7H2,1-2H3.